The van der Waals surface area contributed by atoms with Crippen LogP contribution in [0.5, 0.6) is 0 Å². The predicted octanol–water partition coefficient (Wildman–Crippen LogP) is 1.98. The highest BCUT2D eigenvalue weighted by molar-refractivity contribution is 5.04. The monoisotopic (exact) mass is 128 g/mol. The topological polar surface area (TPSA) is 29.5 Å². The Balaban J connectivity index is 2.28. The molecule has 1 aliphatic carbocycles. The van der Waals surface area contributed by atoms with Crippen molar-refractivity contribution in [1.29, 1.82) is 0 Å². The molecule has 2 heteroatoms. The van der Waals surface area contributed by atoms with Gasteiger partial charge in [-0.3, -0.25) is 5.26 Å². The molecule has 0 aromatic carbocycles. The minimum atomic E-state index is 0.403. The van der Waals surface area contributed by atoms with Gasteiger partial charge in [0.05, 0.1) is 0 Å². The van der Waals surface area contributed by atoms with Crippen molar-refractivity contribution in [3.8, 4) is 0 Å². The van der Waals surface area contributed by atoms with E-state index in [2.05, 4.69) is 11.0 Å². The lowest BCUT2D eigenvalue weighted by atomic mass is 10.0. The number of allylic oxidation sites excluding steroid dienone is 1. The van der Waals surface area contributed by atoms with Crippen molar-refractivity contribution < 1.29 is 10.1 Å². The minimum Gasteiger partial charge on any atom is -0.251 e. The predicted molar refractivity (Wildman–Crippen MR) is 35.1 cm³/mol. The van der Waals surface area contributed by atoms with E-state index in [0.29, 0.717) is 6.61 Å². The van der Waals surface area contributed by atoms with Gasteiger partial charge in [0, 0.05) is 0 Å². The van der Waals surface area contributed by atoms with Gasteiger partial charge in [0.2, 0.25) is 0 Å². The number of hydrogen-bond acceptors (Lipinski definition) is 2. The van der Waals surface area contributed by atoms with Crippen LogP contribution in [-0.4, -0.2) is 11.9 Å². The second-order valence-electron chi connectivity index (χ2n) is 2.38. The summed E-state index contributed by atoms with van der Waals surface area (Å²) in [4.78, 5) is 4.01. The van der Waals surface area contributed by atoms with Crippen LogP contribution < -0.4 is 0 Å². The molecule has 0 amide bonds. The van der Waals surface area contributed by atoms with E-state index in [9.17, 15) is 0 Å². The fraction of sp³-hybridized carbons (Fsp3) is 0.714. The Morgan fingerprint density at radius 2 is 2.44 bits per heavy atom. The van der Waals surface area contributed by atoms with Crippen LogP contribution in [0.15, 0.2) is 11.6 Å². The van der Waals surface area contributed by atoms with Crippen molar-refractivity contribution in [3.63, 3.8) is 0 Å². The van der Waals surface area contributed by atoms with Gasteiger partial charge in [-0.15, -0.1) is 0 Å². The molecule has 0 saturated heterocycles. The summed E-state index contributed by atoms with van der Waals surface area (Å²) in [6.07, 6.45) is 6.93. The van der Waals surface area contributed by atoms with Crippen molar-refractivity contribution in [1.82, 2.24) is 0 Å². The first-order chi connectivity index (χ1) is 4.43. The van der Waals surface area contributed by atoms with Gasteiger partial charge in [0.1, 0.15) is 6.61 Å². The molecule has 0 radical (unpaired) electrons. The maximum atomic E-state index is 8.08. The Morgan fingerprint density at radius 1 is 1.56 bits per heavy atom. The molecule has 1 aliphatic rings. The molecular formula is C7H12O2. The molecule has 0 spiro atoms. The van der Waals surface area contributed by atoms with Gasteiger partial charge in [-0.25, -0.2) is 4.89 Å². The minimum absolute atomic E-state index is 0.403. The Bertz CT molecular complexity index is 107. The Kier molecular flexibility index (Phi) is 2.74. The van der Waals surface area contributed by atoms with E-state index in [1.165, 1.54) is 18.4 Å². The quantitative estimate of drug-likeness (QED) is 0.350. The summed E-state index contributed by atoms with van der Waals surface area (Å²) in [6, 6.07) is 0. The van der Waals surface area contributed by atoms with Crippen molar-refractivity contribution >= 4 is 0 Å². The Morgan fingerprint density at radius 3 is 3.00 bits per heavy atom. The Hall–Kier alpha value is -0.340. The van der Waals surface area contributed by atoms with Crippen LogP contribution in [0.3, 0.4) is 0 Å². The third-order valence-electron chi connectivity index (χ3n) is 1.63. The molecule has 52 valence electrons. The standard InChI is InChI=1S/C7H12O2/c8-9-6-7-4-2-1-3-5-7/h4,8H,1-3,5-6H2. The maximum absolute atomic E-state index is 8.08. The van der Waals surface area contributed by atoms with Crippen LogP contribution in [0.4, 0.5) is 0 Å². The third kappa shape index (κ3) is 2.16. The average Bonchev–Trinajstić information content (AvgIpc) is 1.91. The van der Waals surface area contributed by atoms with Crippen LogP contribution in [0.1, 0.15) is 25.7 Å². The van der Waals surface area contributed by atoms with E-state index in [0.717, 1.165) is 12.8 Å². The second-order valence-corrected chi connectivity index (χ2v) is 2.38. The molecule has 1 rings (SSSR count). The Labute approximate surface area is 55.1 Å². The lowest BCUT2D eigenvalue weighted by Gasteiger charge is -2.09. The zero-order valence-corrected chi connectivity index (χ0v) is 5.47. The summed E-state index contributed by atoms with van der Waals surface area (Å²) in [6.45, 7) is 0.403. The smallest absolute Gasteiger partial charge is 0.103 e. The highest BCUT2D eigenvalue weighted by Crippen LogP contribution is 2.16. The molecule has 0 aromatic rings. The zero-order valence-electron chi connectivity index (χ0n) is 5.47. The molecule has 0 fully saturated rings. The molecule has 0 aliphatic heterocycles. The van der Waals surface area contributed by atoms with E-state index < -0.39 is 0 Å². The van der Waals surface area contributed by atoms with Gasteiger partial charge in [-0.05, 0) is 31.3 Å². The summed E-state index contributed by atoms with van der Waals surface area (Å²) in [5, 5.41) is 8.08. The summed E-state index contributed by atoms with van der Waals surface area (Å²) in [7, 11) is 0. The van der Waals surface area contributed by atoms with Crippen molar-refractivity contribution in [2.45, 2.75) is 25.7 Å². The first-order valence-electron chi connectivity index (χ1n) is 3.38. The van der Waals surface area contributed by atoms with Crippen LogP contribution in [0, 0.1) is 0 Å². The van der Waals surface area contributed by atoms with E-state index in [4.69, 9.17) is 5.26 Å². The maximum Gasteiger partial charge on any atom is 0.103 e. The molecule has 0 atom stereocenters. The first-order valence-corrected chi connectivity index (χ1v) is 3.38. The normalized spacial score (nSPS) is 19.4. The summed E-state index contributed by atoms with van der Waals surface area (Å²) in [5.41, 5.74) is 1.24. The second kappa shape index (κ2) is 3.64. The zero-order chi connectivity index (χ0) is 6.53. The van der Waals surface area contributed by atoms with Gasteiger partial charge in [-0.2, -0.15) is 0 Å². The van der Waals surface area contributed by atoms with Gasteiger partial charge in [-0.1, -0.05) is 6.08 Å². The van der Waals surface area contributed by atoms with E-state index >= 15 is 0 Å². The van der Waals surface area contributed by atoms with Crippen LogP contribution in [0.2, 0.25) is 0 Å². The van der Waals surface area contributed by atoms with Crippen LogP contribution >= 0.6 is 0 Å². The summed E-state index contributed by atoms with van der Waals surface area (Å²) in [5.74, 6) is 0. The largest absolute Gasteiger partial charge is 0.251 e. The van der Waals surface area contributed by atoms with Gasteiger partial charge in [0.15, 0.2) is 0 Å². The van der Waals surface area contributed by atoms with E-state index in [1.54, 1.807) is 0 Å². The van der Waals surface area contributed by atoms with Crippen molar-refractivity contribution in [2.75, 3.05) is 6.61 Å². The highest BCUT2D eigenvalue weighted by Gasteiger charge is 2.01. The first kappa shape index (κ1) is 6.78. The van der Waals surface area contributed by atoms with Gasteiger partial charge >= 0.3 is 0 Å². The highest BCUT2D eigenvalue weighted by atomic mass is 17.1. The molecular weight excluding hydrogens is 116 g/mol. The average molecular weight is 128 g/mol. The molecule has 0 saturated carbocycles. The molecule has 0 bridgehead atoms. The molecule has 0 unspecified atom stereocenters. The molecule has 0 aromatic heterocycles. The van der Waals surface area contributed by atoms with E-state index in [-0.39, 0.29) is 0 Å². The van der Waals surface area contributed by atoms with Crippen molar-refractivity contribution in [2.24, 2.45) is 0 Å². The lowest BCUT2D eigenvalue weighted by molar-refractivity contribution is -0.234. The molecule has 2 nitrogen and oxygen atoms in total. The van der Waals surface area contributed by atoms with Crippen LogP contribution in [0.25, 0.3) is 0 Å². The molecule has 9 heavy (non-hydrogen) atoms. The SMILES string of the molecule is OOCC1=CCCCC1. The van der Waals surface area contributed by atoms with Gasteiger partial charge in [0.25, 0.3) is 0 Å². The number of rotatable bonds is 2. The lowest BCUT2D eigenvalue weighted by Crippen LogP contribution is -1.98. The fourth-order valence-corrected chi connectivity index (χ4v) is 1.12. The van der Waals surface area contributed by atoms with Crippen LogP contribution in [-0.2, 0) is 4.89 Å². The van der Waals surface area contributed by atoms with Gasteiger partial charge < -0.3 is 0 Å². The summed E-state index contributed by atoms with van der Waals surface area (Å²) >= 11 is 0. The number of hydrogen-bond donors (Lipinski definition) is 1. The molecule has 0 heterocycles. The molecule has 1 N–H and O–H groups in total. The summed E-state index contributed by atoms with van der Waals surface area (Å²) < 4.78 is 0. The third-order valence-corrected chi connectivity index (χ3v) is 1.63. The fourth-order valence-electron chi connectivity index (χ4n) is 1.12. The van der Waals surface area contributed by atoms with E-state index in [1.807, 2.05) is 0 Å². The van der Waals surface area contributed by atoms with Crippen molar-refractivity contribution in [3.05, 3.63) is 11.6 Å².